The molecule has 0 aliphatic heterocycles. The van der Waals surface area contributed by atoms with Crippen LogP contribution in [0.5, 0.6) is 0 Å². The topological polar surface area (TPSA) is 29.4 Å². The molecule has 0 aliphatic carbocycles. The molecular formula is C8H11F4NO. The highest BCUT2D eigenvalue weighted by atomic mass is 19.3. The van der Waals surface area contributed by atoms with Crippen LogP contribution in [0.25, 0.3) is 0 Å². The summed E-state index contributed by atoms with van der Waals surface area (Å²) in [4.78, 5) is 12.9. The predicted octanol–water partition coefficient (Wildman–Crippen LogP) is 2.78. The molecule has 2 nitrogen and oxygen atoms in total. The first-order valence-corrected chi connectivity index (χ1v) is 4.17. The summed E-state index contributed by atoms with van der Waals surface area (Å²) in [7, 11) is 0. The molecule has 1 atom stereocenters. The first kappa shape index (κ1) is 13.1. The van der Waals surface area contributed by atoms with E-state index >= 15 is 0 Å². The normalized spacial score (nSPS) is 13.9. The largest absolute Gasteiger partial charge is 0.309 e. The van der Waals surface area contributed by atoms with Crippen LogP contribution in [0.2, 0.25) is 0 Å². The number of hydrogen-bond donors (Lipinski definition) is 0. The molecule has 0 bridgehead atoms. The Morgan fingerprint density at radius 3 is 2.36 bits per heavy atom. The van der Waals surface area contributed by atoms with Gasteiger partial charge in [-0.3, -0.25) is 0 Å². The van der Waals surface area contributed by atoms with E-state index in [9.17, 15) is 22.4 Å². The average Bonchev–Trinajstić information content (AvgIpc) is 2.04. The number of isocyanates is 1. The molecule has 0 spiro atoms. The van der Waals surface area contributed by atoms with Gasteiger partial charge in [-0.1, -0.05) is 13.3 Å². The van der Waals surface area contributed by atoms with Gasteiger partial charge < -0.3 is 0 Å². The zero-order valence-corrected chi connectivity index (χ0v) is 7.64. The summed E-state index contributed by atoms with van der Waals surface area (Å²) in [6.45, 7) is 1.69. The SMILES string of the molecule is CCCC(CC(F)(F)C(F)F)N=C=O. The minimum atomic E-state index is -4.08. The van der Waals surface area contributed by atoms with Gasteiger partial charge in [-0.2, -0.15) is 0 Å². The lowest BCUT2D eigenvalue weighted by Gasteiger charge is -2.18. The predicted molar refractivity (Wildman–Crippen MR) is 42.4 cm³/mol. The van der Waals surface area contributed by atoms with Crippen LogP contribution in [0.3, 0.4) is 0 Å². The maximum absolute atomic E-state index is 12.5. The lowest BCUT2D eigenvalue weighted by atomic mass is 10.0. The number of aliphatic imine (C=N–C) groups is 1. The van der Waals surface area contributed by atoms with Gasteiger partial charge >= 0.3 is 12.3 Å². The van der Waals surface area contributed by atoms with Crippen molar-refractivity contribution in [1.82, 2.24) is 0 Å². The molecule has 0 N–H and O–H groups in total. The van der Waals surface area contributed by atoms with Gasteiger partial charge in [0.1, 0.15) is 0 Å². The summed E-state index contributed by atoms with van der Waals surface area (Å²) in [5.74, 6) is -4.08. The van der Waals surface area contributed by atoms with Gasteiger partial charge in [-0.15, -0.1) is 0 Å². The number of rotatable bonds is 6. The second-order valence-electron chi connectivity index (χ2n) is 2.93. The fourth-order valence-electron chi connectivity index (χ4n) is 1.02. The molecular weight excluding hydrogens is 202 g/mol. The fourth-order valence-corrected chi connectivity index (χ4v) is 1.02. The highest BCUT2D eigenvalue weighted by Crippen LogP contribution is 2.30. The minimum Gasteiger partial charge on any atom is -0.211 e. The number of alkyl halides is 4. The van der Waals surface area contributed by atoms with Gasteiger partial charge in [0.2, 0.25) is 6.08 Å². The molecule has 0 aromatic carbocycles. The number of carbonyl (C=O) groups excluding carboxylic acids is 1. The zero-order chi connectivity index (χ0) is 11.2. The molecule has 0 radical (unpaired) electrons. The Bertz CT molecular complexity index is 213. The van der Waals surface area contributed by atoms with E-state index in [4.69, 9.17) is 0 Å². The highest BCUT2D eigenvalue weighted by Gasteiger charge is 2.42. The van der Waals surface area contributed by atoms with Crippen molar-refractivity contribution < 1.29 is 22.4 Å². The second kappa shape index (κ2) is 5.75. The van der Waals surface area contributed by atoms with Crippen LogP contribution in [0.4, 0.5) is 17.6 Å². The van der Waals surface area contributed by atoms with Crippen LogP contribution in [-0.4, -0.2) is 24.5 Å². The van der Waals surface area contributed by atoms with Crippen LogP contribution in [0.1, 0.15) is 26.2 Å². The van der Waals surface area contributed by atoms with Gasteiger partial charge in [0.05, 0.1) is 6.04 Å². The van der Waals surface area contributed by atoms with Crippen molar-refractivity contribution in [3.8, 4) is 0 Å². The third-order valence-corrected chi connectivity index (χ3v) is 1.68. The molecule has 0 aromatic rings. The monoisotopic (exact) mass is 213 g/mol. The molecule has 0 saturated heterocycles. The number of halogens is 4. The average molecular weight is 213 g/mol. The van der Waals surface area contributed by atoms with Crippen LogP contribution in [-0.2, 0) is 4.79 Å². The Morgan fingerprint density at radius 1 is 1.43 bits per heavy atom. The lowest BCUT2D eigenvalue weighted by Crippen LogP contribution is -2.30. The molecule has 0 aromatic heterocycles. The van der Waals surface area contributed by atoms with E-state index in [0.717, 1.165) is 6.08 Å². The van der Waals surface area contributed by atoms with E-state index in [1.165, 1.54) is 0 Å². The molecule has 14 heavy (non-hydrogen) atoms. The van der Waals surface area contributed by atoms with Crippen molar-refractivity contribution in [1.29, 1.82) is 0 Å². The van der Waals surface area contributed by atoms with Crippen LogP contribution < -0.4 is 0 Å². The summed E-state index contributed by atoms with van der Waals surface area (Å²) in [5, 5.41) is 0. The smallest absolute Gasteiger partial charge is 0.211 e. The fraction of sp³-hybridized carbons (Fsp3) is 0.875. The van der Waals surface area contributed by atoms with E-state index in [0.29, 0.717) is 6.42 Å². The van der Waals surface area contributed by atoms with Crippen molar-refractivity contribution >= 4 is 6.08 Å². The number of nitrogens with zero attached hydrogens (tertiary/aromatic N) is 1. The summed E-state index contributed by atoms with van der Waals surface area (Å²) < 4.78 is 48.5. The third-order valence-electron chi connectivity index (χ3n) is 1.68. The maximum Gasteiger partial charge on any atom is 0.309 e. The molecule has 0 amide bonds. The van der Waals surface area contributed by atoms with Gasteiger partial charge in [0.15, 0.2) is 0 Å². The summed E-state index contributed by atoms with van der Waals surface area (Å²) in [6, 6.07) is -1.07. The van der Waals surface area contributed by atoms with Gasteiger partial charge in [0, 0.05) is 6.42 Å². The maximum atomic E-state index is 12.5. The first-order chi connectivity index (χ1) is 6.44. The molecule has 82 valence electrons. The third kappa shape index (κ3) is 4.37. The van der Waals surface area contributed by atoms with Crippen LogP contribution in [0, 0.1) is 0 Å². The quantitative estimate of drug-likeness (QED) is 0.379. The Hall–Kier alpha value is -0.900. The molecule has 0 saturated carbocycles. The molecule has 0 aliphatic rings. The van der Waals surface area contributed by atoms with E-state index in [1.807, 2.05) is 0 Å². The first-order valence-electron chi connectivity index (χ1n) is 4.17. The molecule has 0 heterocycles. The summed E-state index contributed by atoms with van der Waals surface area (Å²) in [6.07, 6.45) is -3.04. The van der Waals surface area contributed by atoms with Crippen LogP contribution in [0.15, 0.2) is 4.99 Å². The van der Waals surface area contributed by atoms with E-state index in [-0.39, 0.29) is 6.42 Å². The van der Waals surface area contributed by atoms with Crippen molar-refractivity contribution in [2.45, 2.75) is 44.6 Å². The molecule has 1 unspecified atom stereocenters. The van der Waals surface area contributed by atoms with Gasteiger partial charge in [-0.05, 0) is 6.42 Å². The standard InChI is InChI=1S/C8H11F4NO/c1-2-3-6(13-5-14)4-8(11,12)7(9)10/h6-7H,2-4H2,1H3. The zero-order valence-electron chi connectivity index (χ0n) is 7.64. The Balaban J connectivity index is 4.34. The number of hydrogen-bond acceptors (Lipinski definition) is 2. The van der Waals surface area contributed by atoms with Crippen molar-refractivity contribution in [3.63, 3.8) is 0 Å². The highest BCUT2D eigenvalue weighted by molar-refractivity contribution is 5.33. The minimum absolute atomic E-state index is 0.178. The van der Waals surface area contributed by atoms with E-state index in [1.54, 1.807) is 6.92 Å². The molecule has 0 rings (SSSR count). The summed E-state index contributed by atoms with van der Waals surface area (Å²) in [5.41, 5.74) is 0. The van der Waals surface area contributed by atoms with E-state index < -0.39 is 24.8 Å². The van der Waals surface area contributed by atoms with Gasteiger partial charge in [0.25, 0.3) is 0 Å². The second-order valence-corrected chi connectivity index (χ2v) is 2.93. The van der Waals surface area contributed by atoms with Crippen LogP contribution >= 0.6 is 0 Å². The van der Waals surface area contributed by atoms with Gasteiger partial charge in [-0.25, -0.2) is 27.3 Å². The van der Waals surface area contributed by atoms with Crippen molar-refractivity contribution in [2.24, 2.45) is 4.99 Å². The molecule has 6 heteroatoms. The Kier molecular flexibility index (Phi) is 5.38. The molecule has 0 fully saturated rings. The van der Waals surface area contributed by atoms with Crippen molar-refractivity contribution in [3.05, 3.63) is 0 Å². The van der Waals surface area contributed by atoms with Crippen molar-refractivity contribution in [2.75, 3.05) is 0 Å². The Morgan fingerprint density at radius 2 is 2.00 bits per heavy atom. The summed E-state index contributed by atoms with van der Waals surface area (Å²) >= 11 is 0. The lowest BCUT2D eigenvalue weighted by molar-refractivity contribution is -0.135. The van der Waals surface area contributed by atoms with E-state index in [2.05, 4.69) is 4.99 Å². The Labute approximate surface area is 79.0 Å².